The predicted octanol–water partition coefficient (Wildman–Crippen LogP) is 4.44. The van der Waals surface area contributed by atoms with Gasteiger partial charge in [-0.05, 0) is 74.3 Å². The number of anilines is 2. The van der Waals surface area contributed by atoms with Crippen LogP contribution >= 0.6 is 12.2 Å². The molecule has 0 saturated carbocycles. The minimum absolute atomic E-state index is 0.828. The topological polar surface area (TPSA) is 18.5 Å². The van der Waals surface area contributed by atoms with E-state index < -0.39 is 0 Å². The van der Waals surface area contributed by atoms with Gasteiger partial charge in [0.25, 0.3) is 0 Å². The zero-order valence-corrected chi connectivity index (χ0v) is 16.4. The first-order valence-corrected chi connectivity index (χ1v) is 9.31. The van der Waals surface area contributed by atoms with Crippen LogP contribution in [0, 0.1) is 27.7 Å². The predicted molar refractivity (Wildman–Crippen MR) is 112 cm³/mol. The smallest absolute Gasteiger partial charge is 0.173 e. The number of nitrogens with zero attached hydrogens (tertiary/aromatic N) is 2. The van der Waals surface area contributed by atoms with E-state index >= 15 is 0 Å². The van der Waals surface area contributed by atoms with Gasteiger partial charge in [-0.15, -0.1) is 0 Å². The molecule has 1 aliphatic rings. The summed E-state index contributed by atoms with van der Waals surface area (Å²) in [5.74, 6) is 0. The van der Waals surface area contributed by atoms with Gasteiger partial charge in [0.1, 0.15) is 0 Å². The van der Waals surface area contributed by atoms with Gasteiger partial charge in [0.05, 0.1) is 0 Å². The van der Waals surface area contributed by atoms with Gasteiger partial charge >= 0.3 is 0 Å². The van der Waals surface area contributed by atoms with Crippen molar-refractivity contribution in [2.75, 3.05) is 36.4 Å². The number of aryl methyl sites for hydroxylation is 2. The number of thiocarbonyl (C=S) groups is 1. The van der Waals surface area contributed by atoms with Crippen LogP contribution in [0.4, 0.5) is 11.4 Å². The minimum atomic E-state index is 0.828. The van der Waals surface area contributed by atoms with Crippen molar-refractivity contribution in [2.24, 2.45) is 0 Å². The highest BCUT2D eigenvalue weighted by atomic mass is 32.1. The molecular formula is C21H27N3S. The SMILES string of the molecule is Cc1cccc(NC(=S)N2CCN(c3cccc(C)c3C)CC2)c1C. The van der Waals surface area contributed by atoms with E-state index in [0.717, 1.165) is 37.0 Å². The number of nitrogens with one attached hydrogen (secondary N) is 1. The lowest BCUT2D eigenvalue weighted by molar-refractivity contribution is 0.390. The summed E-state index contributed by atoms with van der Waals surface area (Å²) in [7, 11) is 0. The fourth-order valence-electron chi connectivity index (χ4n) is 3.31. The van der Waals surface area contributed by atoms with Gasteiger partial charge in [0.15, 0.2) is 5.11 Å². The molecule has 0 aromatic heterocycles. The zero-order chi connectivity index (χ0) is 18.0. The monoisotopic (exact) mass is 353 g/mol. The van der Waals surface area contributed by atoms with Crippen molar-refractivity contribution < 1.29 is 0 Å². The molecule has 1 fully saturated rings. The first kappa shape index (κ1) is 17.7. The largest absolute Gasteiger partial charge is 0.368 e. The first-order valence-electron chi connectivity index (χ1n) is 8.90. The molecule has 0 spiro atoms. The molecule has 3 rings (SSSR count). The minimum Gasteiger partial charge on any atom is -0.368 e. The number of benzene rings is 2. The quantitative estimate of drug-likeness (QED) is 0.804. The van der Waals surface area contributed by atoms with E-state index in [1.165, 1.54) is 27.9 Å². The highest BCUT2D eigenvalue weighted by molar-refractivity contribution is 7.80. The molecule has 0 amide bonds. The highest BCUT2D eigenvalue weighted by Crippen LogP contribution is 2.24. The van der Waals surface area contributed by atoms with Crippen LogP contribution in [-0.2, 0) is 0 Å². The Morgan fingerprint density at radius 2 is 1.44 bits per heavy atom. The molecule has 4 heteroatoms. The fourth-order valence-corrected chi connectivity index (χ4v) is 3.60. The molecule has 3 nitrogen and oxygen atoms in total. The highest BCUT2D eigenvalue weighted by Gasteiger charge is 2.20. The lowest BCUT2D eigenvalue weighted by atomic mass is 10.1. The van der Waals surface area contributed by atoms with E-state index in [2.05, 4.69) is 79.2 Å². The number of piperazine rings is 1. The Morgan fingerprint density at radius 1 is 0.840 bits per heavy atom. The molecular weight excluding hydrogens is 326 g/mol. The van der Waals surface area contributed by atoms with Gasteiger partial charge in [-0.2, -0.15) is 0 Å². The second-order valence-electron chi connectivity index (χ2n) is 6.87. The van der Waals surface area contributed by atoms with Gasteiger partial charge in [0.2, 0.25) is 0 Å². The van der Waals surface area contributed by atoms with Crippen molar-refractivity contribution >= 4 is 28.7 Å². The average molecular weight is 354 g/mol. The second kappa shape index (κ2) is 7.44. The summed E-state index contributed by atoms with van der Waals surface area (Å²) in [5, 5.41) is 4.26. The Labute approximate surface area is 156 Å². The number of rotatable bonds is 2. The maximum Gasteiger partial charge on any atom is 0.173 e. The zero-order valence-electron chi connectivity index (χ0n) is 15.6. The van der Waals surface area contributed by atoms with Crippen LogP contribution in [-0.4, -0.2) is 36.2 Å². The molecule has 0 aliphatic carbocycles. The molecule has 1 N–H and O–H groups in total. The van der Waals surface area contributed by atoms with Crippen molar-refractivity contribution in [3.05, 3.63) is 58.7 Å². The Hall–Kier alpha value is -2.07. The molecule has 1 saturated heterocycles. The Balaban J connectivity index is 1.63. The molecule has 2 aromatic carbocycles. The summed E-state index contributed by atoms with van der Waals surface area (Å²) in [6.07, 6.45) is 0. The van der Waals surface area contributed by atoms with Crippen LogP contribution in [0.5, 0.6) is 0 Å². The summed E-state index contributed by atoms with van der Waals surface area (Å²) in [6.45, 7) is 12.6. The summed E-state index contributed by atoms with van der Waals surface area (Å²) < 4.78 is 0. The lowest BCUT2D eigenvalue weighted by Crippen LogP contribution is -2.50. The third-order valence-electron chi connectivity index (χ3n) is 5.33. The summed E-state index contributed by atoms with van der Waals surface area (Å²) >= 11 is 5.66. The van der Waals surface area contributed by atoms with Crippen molar-refractivity contribution in [3.63, 3.8) is 0 Å². The molecule has 132 valence electrons. The molecule has 1 heterocycles. The van der Waals surface area contributed by atoms with Crippen LogP contribution < -0.4 is 10.2 Å². The van der Waals surface area contributed by atoms with Crippen LogP contribution in [0.25, 0.3) is 0 Å². The third kappa shape index (κ3) is 3.79. The van der Waals surface area contributed by atoms with Crippen molar-refractivity contribution in [3.8, 4) is 0 Å². The third-order valence-corrected chi connectivity index (χ3v) is 5.69. The molecule has 25 heavy (non-hydrogen) atoms. The van der Waals surface area contributed by atoms with Gasteiger partial charge in [-0.1, -0.05) is 24.3 Å². The van der Waals surface area contributed by atoms with Crippen molar-refractivity contribution in [2.45, 2.75) is 27.7 Å². The van der Waals surface area contributed by atoms with E-state index in [4.69, 9.17) is 12.2 Å². The Bertz CT molecular complexity index is 777. The van der Waals surface area contributed by atoms with E-state index in [1.54, 1.807) is 0 Å². The molecule has 0 atom stereocenters. The lowest BCUT2D eigenvalue weighted by Gasteiger charge is -2.38. The van der Waals surface area contributed by atoms with Crippen molar-refractivity contribution in [1.82, 2.24) is 4.90 Å². The van der Waals surface area contributed by atoms with E-state index in [9.17, 15) is 0 Å². The van der Waals surface area contributed by atoms with Gasteiger partial charge in [-0.3, -0.25) is 0 Å². The molecule has 1 aliphatic heterocycles. The number of hydrogen-bond acceptors (Lipinski definition) is 2. The van der Waals surface area contributed by atoms with Crippen LogP contribution in [0.3, 0.4) is 0 Å². The standard InChI is InChI=1S/C21H27N3S/c1-15-7-5-9-19(17(15)3)22-21(25)24-13-11-23(12-14-24)20-10-6-8-16(2)18(20)4/h5-10H,11-14H2,1-4H3,(H,22,25). The Kier molecular flexibility index (Phi) is 5.28. The summed E-state index contributed by atoms with van der Waals surface area (Å²) in [5.41, 5.74) is 7.75. The van der Waals surface area contributed by atoms with Crippen molar-refractivity contribution in [1.29, 1.82) is 0 Å². The summed E-state index contributed by atoms with van der Waals surface area (Å²) in [6, 6.07) is 12.9. The number of hydrogen-bond donors (Lipinski definition) is 1. The first-order chi connectivity index (χ1) is 12.0. The van der Waals surface area contributed by atoms with E-state index in [-0.39, 0.29) is 0 Å². The van der Waals surface area contributed by atoms with Crippen LogP contribution in [0.1, 0.15) is 22.3 Å². The Morgan fingerprint density at radius 3 is 2.12 bits per heavy atom. The maximum absolute atomic E-state index is 5.66. The van der Waals surface area contributed by atoms with Crippen LogP contribution in [0.15, 0.2) is 36.4 Å². The van der Waals surface area contributed by atoms with E-state index in [1.807, 2.05) is 0 Å². The average Bonchev–Trinajstić information content (AvgIpc) is 2.61. The van der Waals surface area contributed by atoms with Crippen LogP contribution in [0.2, 0.25) is 0 Å². The molecule has 0 radical (unpaired) electrons. The maximum atomic E-state index is 5.66. The fraction of sp³-hybridized carbons (Fsp3) is 0.381. The van der Waals surface area contributed by atoms with Gasteiger partial charge in [0, 0.05) is 37.6 Å². The summed E-state index contributed by atoms with van der Waals surface area (Å²) in [4.78, 5) is 4.75. The normalized spacial score (nSPS) is 14.6. The second-order valence-corrected chi connectivity index (χ2v) is 7.26. The van der Waals surface area contributed by atoms with Gasteiger partial charge < -0.3 is 15.1 Å². The molecule has 0 unspecified atom stereocenters. The molecule has 0 bridgehead atoms. The van der Waals surface area contributed by atoms with Gasteiger partial charge in [-0.25, -0.2) is 0 Å². The molecule has 2 aromatic rings. The van der Waals surface area contributed by atoms with E-state index in [0.29, 0.717) is 0 Å².